The molecule has 3 rings (SSSR count). The van der Waals surface area contributed by atoms with Crippen LogP contribution in [-0.4, -0.2) is 77.5 Å². The van der Waals surface area contributed by atoms with Gasteiger partial charge in [0.1, 0.15) is 5.71 Å². The molecule has 0 spiro atoms. The Hall–Kier alpha value is -2.69. The molecular weight excluding hydrogens is 504 g/mol. The van der Waals surface area contributed by atoms with Crippen molar-refractivity contribution in [1.82, 2.24) is 15.5 Å². The van der Waals surface area contributed by atoms with Crippen molar-refractivity contribution in [2.24, 2.45) is 0 Å². The molecule has 1 unspecified atom stereocenters. The van der Waals surface area contributed by atoms with Crippen LogP contribution in [0.3, 0.4) is 0 Å². The van der Waals surface area contributed by atoms with Crippen LogP contribution >= 0.6 is 23.4 Å². The summed E-state index contributed by atoms with van der Waals surface area (Å²) in [6.07, 6.45) is 4.64. The fraction of sp³-hybridized carbons (Fsp3) is 0.480. The van der Waals surface area contributed by atoms with E-state index in [0.29, 0.717) is 62.5 Å². The molecule has 36 heavy (non-hydrogen) atoms. The van der Waals surface area contributed by atoms with E-state index in [-0.39, 0.29) is 30.8 Å². The zero-order valence-corrected chi connectivity index (χ0v) is 21.9. The minimum absolute atomic E-state index is 0.0737. The highest BCUT2D eigenvalue weighted by Crippen LogP contribution is 2.28. The number of thioether (sulfide) groups is 1. The van der Waals surface area contributed by atoms with Gasteiger partial charge in [0.15, 0.2) is 11.8 Å². The second-order valence-corrected chi connectivity index (χ2v) is 9.90. The van der Waals surface area contributed by atoms with Gasteiger partial charge in [0.25, 0.3) is 5.91 Å². The zero-order chi connectivity index (χ0) is 25.9. The van der Waals surface area contributed by atoms with Gasteiger partial charge >= 0.3 is 11.9 Å². The third-order valence-corrected chi connectivity index (χ3v) is 7.23. The molecule has 0 saturated carbocycles. The van der Waals surface area contributed by atoms with E-state index in [1.807, 2.05) is 18.2 Å². The molecule has 0 aliphatic carbocycles. The first kappa shape index (κ1) is 27.9. The Kier molecular flexibility index (Phi) is 11.0. The lowest BCUT2D eigenvalue weighted by Gasteiger charge is -2.24. The van der Waals surface area contributed by atoms with Gasteiger partial charge in [-0.05, 0) is 48.8 Å². The third-order valence-electron chi connectivity index (χ3n) is 5.85. The van der Waals surface area contributed by atoms with Gasteiger partial charge in [-0.3, -0.25) is 9.59 Å². The van der Waals surface area contributed by atoms with Crippen LogP contribution in [0.4, 0.5) is 4.79 Å². The molecule has 0 bridgehead atoms. The molecule has 11 heteroatoms. The number of methoxy groups -OCH3 is 1. The lowest BCUT2D eigenvalue weighted by Crippen LogP contribution is -2.56. The first-order chi connectivity index (χ1) is 17.4. The van der Waals surface area contributed by atoms with Crippen LogP contribution in [0.5, 0.6) is 0 Å². The topological polar surface area (TPSA) is 108 Å². The number of hydrogen-bond acceptors (Lipinski definition) is 6. The first-order valence-electron chi connectivity index (χ1n) is 12.0. The van der Waals surface area contributed by atoms with Gasteiger partial charge in [-0.25, -0.2) is 4.79 Å². The number of carbonyl (C=O) groups is 4. The highest BCUT2D eigenvalue weighted by atomic mass is 35.5. The largest absolute Gasteiger partial charge is 0.501 e. The maximum absolute atomic E-state index is 13.1. The number of ether oxygens (including phenoxy) is 1. The molecule has 0 aromatic heterocycles. The summed E-state index contributed by atoms with van der Waals surface area (Å²) in [5.41, 5.74) is 1.41. The van der Waals surface area contributed by atoms with Crippen molar-refractivity contribution in [3.63, 3.8) is 0 Å². The van der Waals surface area contributed by atoms with E-state index in [1.165, 1.54) is 21.2 Å². The number of amides is 5. The molecule has 0 fully saturated rings. The van der Waals surface area contributed by atoms with E-state index in [9.17, 15) is 19.2 Å². The number of carbonyl (C=O) groups excluding carboxylic acids is 4. The predicted octanol–water partition coefficient (Wildman–Crippen LogP) is 2.71. The predicted molar refractivity (Wildman–Crippen MR) is 139 cm³/mol. The van der Waals surface area contributed by atoms with Crippen LogP contribution < -0.4 is 10.6 Å². The molecule has 2 aliphatic rings. The molecular formula is C25H32ClN4O5S+. The van der Waals surface area contributed by atoms with E-state index in [1.54, 1.807) is 24.7 Å². The summed E-state index contributed by atoms with van der Waals surface area (Å²) in [6.45, 7) is 1.46. The standard InChI is InChI=1S/C25H31ClN4O5S/c1-35-14-7-12-27-22(32)17-30-20-11-15-36-23(20)24(33)29(25(30)34)13-6-2-3-10-21(31)28-16-18-8-4-5-9-19(18)26/h4-5,8-9,11,15,23H,2-3,6-7,10,12-14,16-17H2,1H3,(H-,27,28,31,32)/p+1. The summed E-state index contributed by atoms with van der Waals surface area (Å²) in [4.78, 5) is 51.8. The maximum Gasteiger partial charge on any atom is 0.501 e. The van der Waals surface area contributed by atoms with Crippen LogP contribution in [0.1, 0.15) is 37.7 Å². The van der Waals surface area contributed by atoms with Crippen molar-refractivity contribution in [3.8, 4) is 0 Å². The first-order valence-corrected chi connectivity index (χ1v) is 13.3. The highest BCUT2D eigenvalue weighted by molar-refractivity contribution is 8.04. The smallest absolute Gasteiger partial charge is 0.385 e. The minimum Gasteiger partial charge on any atom is -0.385 e. The summed E-state index contributed by atoms with van der Waals surface area (Å²) < 4.78 is 6.36. The lowest BCUT2D eigenvalue weighted by molar-refractivity contribution is -0.426. The maximum atomic E-state index is 13.1. The van der Waals surface area contributed by atoms with Crippen molar-refractivity contribution in [1.29, 1.82) is 0 Å². The van der Waals surface area contributed by atoms with Gasteiger partial charge in [0.05, 0.1) is 6.54 Å². The Morgan fingerprint density at radius 1 is 1.11 bits per heavy atom. The summed E-state index contributed by atoms with van der Waals surface area (Å²) in [6, 6.07) is 6.87. The van der Waals surface area contributed by atoms with E-state index in [0.717, 1.165) is 5.56 Å². The molecule has 9 nitrogen and oxygen atoms in total. The molecule has 1 aromatic rings. The molecule has 5 amide bonds. The summed E-state index contributed by atoms with van der Waals surface area (Å²) in [7, 11) is 1.60. The monoisotopic (exact) mass is 535 g/mol. The number of nitrogens with one attached hydrogen (secondary N) is 2. The molecule has 0 radical (unpaired) electrons. The summed E-state index contributed by atoms with van der Waals surface area (Å²) in [5, 5.41) is 7.51. The number of hydrogen-bond donors (Lipinski definition) is 2. The number of urea groups is 1. The Balaban J connectivity index is 1.44. The lowest BCUT2D eigenvalue weighted by atomic mass is 10.1. The van der Waals surface area contributed by atoms with Crippen LogP contribution in [0.25, 0.3) is 0 Å². The van der Waals surface area contributed by atoms with Gasteiger partial charge in [-0.2, -0.15) is 14.3 Å². The molecule has 1 atom stereocenters. The van der Waals surface area contributed by atoms with Gasteiger partial charge < -0.3 is 15.4 Å². The molecule has 1 aromatic carbocycles. The van der Waals surface area contributed by atoms with Gasteiger partial charge in [0.2, 0.25) is 5.91 Å². The second kappa shape index (κ2) is 14.2. The normalized spacial score (nSPS) is 16.9. The van der Waals surface area contributed by atoms with Gasteiger partial charge in [0, 0.05) is 38.2 Å². The van der Waals surface area contributed by atoms with Crippen LogP contribution in [0.15, 0.2) is 35.7 Å². The van der Waals surface area contributed by atoms with Crippen molar-refractivity contribution in [2.45, 2.75) is 43.9 Å². The summed E-state index contributed by atoms with van der Waals surface area (Å²) in [5.74, 6) is -0.622. The summed E-state index contributed by atoms with van der Waals surface area (Å²) >= 11 is 7.44. The molecule has 2 aliphatic heterocycles. The van der Waals surface area contributed by atoms with Crippen LogP contribution in [0, 0.1) is 0 Å². The molecule has 2 N–H and O–H groups in total. The number of benzene rings is 1. The zero-order valence-electron chi connectivity index (χ0n) is 20.3. The fourth-order valence-electron chi connectivity index (χ4n) is 3.92. The SMILES string of the molecule is COCCCNC(=O)C[N+]1=C2C=CSC2C(=O)N(CCCCCC(=O)NCc2ccccc2Cl)C1=O. The van der Waals surface area contributed by atoms with E-state index in [4.69, 9.17) is 16.3 Å². The van der Waals surface area contributed by atoms with Crippen LogP contribution in [-0.2, 0) is 25.7 Å². The average molecular weight is 536 g/mol. The van der Waals surface area contributed by atoms with Gasteiger partial charge in [-0.15, -0.1) is 11.8 Å². The minimum atomic E-state index is -0.514. The Morgan fingerprint density at radius 3 is 2.69 bits per heavy atom. The van der Waals surface area contributed by atoms with Crippen molar-refractivity contribution in [3.05, 3.63) is 46.3 Å². The number of fused-ring (bicyclic) bond motifs is 1. The number of rotatable bonds is 14. The third kappa shape index (κ3) is 7.65. The van der Waals surface area contributed by atoms with E-state index >= 15 is 0 Å². The Bertz CT molecular complexity index is 1050. The number of allylic oxidation sites excluding steroid dienone is 1. The highest BCUT2D eigenvalue weighted by Gasteiger charge is 2.49. The Morgan fingerprint density at radius 2 is 1.92 bits per heavy atom. The Labute approximate surface area is 220 Å². The molecule has 194 valence electrons. The molecule has 0 saturated heterocycles. The van der Waals surface area contributed by atoms with Crippen LogP contribution in [0.2, 0.25) is 5.02 Å². The van der Waals surface area contributed by atoms with Crippen molar-refractivity contribution < 1.29 is 28.5 Å². The molecule has 2 heterocycles. The fourth-order valence-corrected chi connectivity index (χ4v) is 5.08. The van der Waals surface area contributed by atoms with Crippen molar-refractivity contribution in [2.75, 3.05) is 33.4 Å². The number of halogens is 1. The number of imide groups is 1. The van der Waals surface area contributed by atoms with Gasteiger partial charge in [-0.1, -0.05) is 29.8 Å². The number of unbranched alkanes of at least 4 members (excludes halogenated alkanes) is 2. The van der Waals surface area contributed by atoms with Crippen molar-refractivity contribution >= 4 is 52.8 Å². The van der Waals surface area contributed by atoms with E-state index < -0.39 is 11.3 Å². The quantitative estimate of drug-likeness (QED) is 0.280. The number of nitrogens with zero attached hydrogens (tertiary/aromatic N) is 2. The average Bonchev–Trinajstić information content (AvgIpc) is 3.36. The second-order valence-electron chi connectivity index (χ2n) is 8.48. The van der Waals surface area contributed by atoms with E-state index in [2.05, 4.69) is 10.6 Å².